The van der Waals surface area contributed by atoms with Crippen molar-refractivity contribution in [3.05, 3.63) is 328 Å². The molecule has 14 aromatic carbocycles. The zero-order valence-electron chi connectivity index (χ0n) is 48.8. The van der Waals surface area contributed by atoms with Crippen molar-refractivity contribution in [2.45, 2.75) is 0 Å². The number of fused-ring (bicyclic) bond motifs is 12. The summed E-state index contributed by atoms with van der Waals surface area (Å²) in [5, 5.41) is 9.25. The molecule has 4 aromatic heterocycles. The highest BCUT2D eigenvalue weighted by molar-refractivity contribution is 6.14. The Morgan fingerprint density at radius 3 is 0.922 bits per heavy atom. The molecule has 6 heteroatoms. The van der Waals surface area contributed by atoms with Crippen molar-refractivity contribution in [2.75, 3.05) is 9.80 Å². The molecule has 0 amide bonds. The molecule has 0 N–H and O–H groups in total. The van der Waals surface area contributed by atoms with Gasteiger partial charge in [-0.25, -0.2) is 0 Å². The van der Waals surface area contributed by atoms with Crippen molar-refractivity contribution in [1.29, 1.82) is 0 Å². The van der Waals surface area contributed by atoms with Gasteiger partial charge in [0.2, 0.25) is 0 Å². The molecule has 0 unspecified atom stereocenters. The summed E-state index contributed by atoms with van der Waals surface area (Å²) in [4.78, 5) is 4.75. The van der Waals surface area contributed by atoms with Crippen molar-refractivity contribution in [3.8, 4) is 44.8 Å². The van der Waals surface area contributed by atoms with Crippen LogP contribution in [0.1, 0.15) is 0 Å². The maximum atomic E-state index is 6.53. The first-order valence-electron chi connectivity index (χ1n) is 30.6. The zero-order chi connectivity index (χ0) is 59.2. The van der Waals surface area contributed by atoms with Crippen LogP contribution in [0.5, 0.6) is 0 Å². The lowest BCUT2D eigenvalue weighted by Gasteiger charge is -2.27. The number of aromatic nitrogens is 2. The van der Waals surface area contributed by atoms with Crippen LogP contribution in [0.4, 0.5) is 34.1 Å². The highest BCUT2D eigenvalue weighted by Crippen LogP contribution is 2.45. The van der Waals surface area contributed by atoms with Crippen molar-refractivity contribution >= 4 is 122 Å². The average molecular weight is 1150 g/mol. The van der Waals surface area contributed by atoms with Gasteiger partial charge in [-0.05, 0) is 156 Å². The van der Waals surface area contributed by atoms with E-state index < -0.39 is 0 Å². The molecule has 0 aliphatic rings. The summed E-state index contributed by atoms with van der Waals surface area (Å²) in [6.07, 6.45) is 0. The molecule has 0 atom stereocenters. The van der Waals surface area contributed by atoms with E-state index in [0.717, 1.165) is 134 Å². The summed E-state index contributed by atoms with van der Waals surface area (Å²) in [5.41, 5.74) is 23.3. The van der Waals surface area contributed by atoms with Crippen molar-refractivity contribution in [3.63, 3.8) is 0 Å². The number of rotatable bonds is 11. The van der Waals surface area contributed by atoms with Gasteiger partial charge in [0.05, 0.1) is 22.1 Å². The molecule has 0 fully saturated rings. The number of para-hydroxylation sites is 8. The minimum absolute atomic E-state index is 0.891. The molecular formula is C84H54N4O2. The normalized spacial score (nSPS) is 11.8. The number of anilines is 6. The quantitative estimate of drug-likeness (QED) is 0.129. The highest BCUT2D eigenvalue weighted by Gasteiger charge is 2.22. The number of nitrogens with zero attached hydrogens (tertiary/aromatic N) is 4. The van der Waals surface area contributed by atoms with E-state index in [1.54, 1.807) is 0 Å². The van der Waals surface area contributed by atoms with E-state index in [-0.39, 0.29) is 0 Å². The minimum Gasteiger partial charge on any atom is -0.455 e. The minimum atomic E-state index is 0.891. The second-order valence-electron chi connectivity index (χ2n) is 23.2. The molecule has 0 saturated carbocycles. The Morgan fingerprint density at radius 1 is 0.211 bits per heavy atom. The van der Waals surface area contributed by atoms with Gasteiger partial charge in [0.1, 0.15) is 22.3 Å². The summed E-state index contributed by atoms with van der Waals surface area (Å²) in [7, 11) is 0. The smallest absolute Gasteiger partial charge is 0.143 e. The first-order chi connectivity index (χ1) is 44.6. The number of benzene rings is 14. The lowest BCUT2D eigenvalue weighted by atomic mass is 10.0. The molecule has 0 aliphatic carbocycles. The van der Waals surface area contributed by atoms with Crippen molar-refractivity contribution in [1.82, 2.24) is 9.13 Å². The van der Waals surface area contributed by atoms with E-state index in [1.165, 1.54) is 32.6 Å². The number of hydrogen-bond acceptors (Lipinski definition) is 4. The summed E-state index contributed by atoms with van der Waals surface area (Å²) in [5.74, 6) is 0. The van der Waals surface area contributed by atoms with Gasteiger partial charge in [0.25, 0.3) is 0 Å². The molecule has 18 aromatic rings. The van der Waals surface area contributed by atoms with Gasteiger partial charge in [-0.2, -0.15) is 0 Å². The third kappa shape index (κ3) is 8.34. The van der Waals surface area contributed by atoms with Crippen LogP contribution < -0.4 is 9.80 Å². The summed E-state index contributed by atoms with van der Waals surface area (Å²) < 4.78 is 17.8. The molecule has 6 nitrogen and oxygen atoms in total. The number of hydrogen-bond donors (Lipinski definition) is 0. The van der Waals surface area contributed by atoms with E-state index in [0.29, 0.717) is 0 Å². The van der Waals surface area contributed by atoms with E-state index in [2.05, 4.69) is 322 Å². The molecule has 0 spiro atoms. The fraction of sp³-hybridized carbons (Fsp3) is 0. The van der Waals surface area contributed by atoms with E-state index in [4.69, 9.17) is 8.83 Å². The van der Waals surface area contributed by atoms with Crippen molar-refractivity contribution < 1.29 is 8.83 Å². The Morgan fingerprint density at radius 2 is 0.522 bits per heavy atom. The van der Waals surface area contributed by atoms with Crippen LogP contribution in [-0.2, 0) is 0 Å². The van der Waals surface area contributed by atoms with Crippen LogP contribution in [0.2, 0.25) is 0 Å². The predicted molar refractivity (Wildman–Crippen MR) is 375 cm³/mol. The van der Waals surface area contributed by atoms with Crippen LogP contribution in [0.15, 0.2) is 336 Å². The summed E-state index contributed by atoms with van der Waals surface area (Å²) >= 11 is 0. The van der Waals surface area contributed by atoms with Crippen LogP contribution in [0.25, 0.3) is 132 Å². The Bertz CT molecular complexity index is 5400. The Labute approximate surface area is 518 Å². The van der Waals surface area contributed by atoms with Gasteiger partial charge in [-0.3, -0.25) is 0 Å². The topological polar surface area (TPSA) is 42.6 Å². The van der Waals surface area contributed by atoms with Gasteiger partial charge in [0, 0.05) is 99.7 Å². The predicted octanol–water partition coefficient (Wildman–Crippen LogP) is 23.6. The molecule has 0 saturated heterocycles. The van der Waals surface area contributed by atoms with Crippen LogP contribution in [-0.4, -0.2) is 9.13 Å². The molecule has 90 heavy (non-hydrogen) atoms. The van der Waals surface area contributed by atoms with Crippen LogP contribution in [0.3, 0.4) is 0 Å². The molecular weight excluding hydrogens is 1100 g/mol. The van der Waals surface area contributed by atoms with Crippen LogP contribution >= 0.6 is 0 Å². The number of furan rings is 2. The molecule has 0 aliphatic heterocycles. The van der Waals surface area contributed by atoms with E-state index in [9.17, 15) is 0 Å². The second-order valence-corrected chi connectivity index (χ2v) is 23.2. The average Bonchev–Trinajstić information content (AvgIpc) is 1.72. The summed E-state index contributed by atoms with van der Waals surface area (Å²) in [6, 6.07) is 118. The fourth-order valence-corrected chi connectivity index (χ4v) is 13.9. The second kappa shape index (κ2) is 20.8. The molecule has 422 valence electrons. The van der Waals surface area contributed by atoms with Gasteiger partial charge in [-0.15, -0.1) is 0 Å². The highest BCUT2D eigenvalue weighted by atomic mass is 16.3. The SMILES string of the molecule is c1ccc(-n2c3ccccc3c3cc(N(c4ccc(-c5ccc(N(c6ccc(-c7cccc8c7oc7ccccc78)cc6)c6ccc7c(c6)c6ccccc6n7-c6ccccc6)cc5)cc4)c4ccc(-c5cccc6c5oc5ccccc56)cc4)ccc32)cc1. The first-order valence-corrected chi connectivity index (χ1v) is 30.6. The van der Waals surface area contributed by atoms with Gasteiger partial charge in [-0.1, -0.05) is 194 Å². The van der Waals surface area contributed by atoms with Crippen LogP contribution in [0, 0.1) is 0 Å². The maximum absolute atomic E-state index is 6.53. The lowest BCUT2D eigenvalue weighted by Crippen LogP contribution is -2.10. The molecule has 0 bridgehead atoms. The third-order valence-electron chi connectivity index (χ3n) is 18.1. The molecule has 18 rings (SSSR count). The Balaban J connectivity index is 0.730. The maximum Gasteiger partial charge on any atom is 0.143 e. The Kier molecular flexibility index (Phi) is 11.8. The largest absolute Gasteiger partial charge is 0.455 e. The van der Waals surface area contributed by atoms with Crippen molar-refractivity contribution in [2.24, 2.45) is 0 Å². The zero-order valence-corrected chi connectivity index (χ0v) is 48.8. The van der Waals surface area contributed by atoms with E-state index in [1.807, 2.05) is 24.3 Å². The van der Waals surface area contributed by atoms with Gasteiger partial charge >= 0.3 is 0 Å². The Hall–Kier alpha value is -12.1. The third-order valence-corrected chi connectivity index (χ3v) is 18.1. The van der Waals surface area contributed by atoms with Gasteiger partial charge in [0.15, 0.2) is 0 Å². The van der Waals surface area contributed by atoms with Gasteiger partial charge < -0.3 is 27.8 Å². The van der Waals surface area contributed by atoms with E-state index >= 15 is 0 Å². The molecule has 4 heterocycles. The standard InChI is InChI=1S/C84H54N4O2/c1-3-17-59(18-4-1)87-77-29-11-7-21-69(77)75-53-65(49-51-79(75)87)85(63-45-37-57(38-46-63)67-25-15-27-73-71-23-9-13-31-81(71)89-83(67)73)61-41-33-55(34-42-61)56-35-43-62(44-36-56)86(64-47-39-58(40-48-64)68-26-16-28-74-72-24-10-14-32-82(72)90-84(68)74)66-50-52-80-76(54-66)70-22-8-12-30-78(70)88(80)60-19-5-2-6-20-60/h1-54H. The first kappa shape index (κ1) is 51.1. The fourth-order valence-electron chi connectivity index (χ4n) is 13.9. The summed E-state index contributed by atoms with van der Waals surface area (Å²) in [6.45, 7) is 0. The lowest BCUT2D eigenvalue weighted by molar-refractivity contribution is 0.669. The molecule has 0 radical (unpaired) electrons. The monoisotopic (exact) mass is 1150 g/mol.